The third-order valence-corrected chi connectivity index (χ3v) is 8.40. The number of nitrogens with one attached hydrogen (secondary N) is 2. The number of carbonyl (C=O) groups excluding carboxylic acids is 2. The number of ether oxygens (including phenoxy) is 1. The summed E-state index contributed by atoms with van der Waals surface area (Å²) in [6, 6.07) is 17.5. The van der Waals surface area contributed by atoms with E-state index >= 15 is 0 Å². The minimum atomic E-state index is -3.92. The first-order valence-corrected chi connectivity index (χ1v) is 14.0. The quantitative estimate of drug-likeness (QED) is 0.374. The third kappa shape index (κ3) is 5.08. The van der Waals surface area contributed by atoms with Crippen LogP contribution in [0.15, 0.2) is 70.6 Å². The number of aromatic nitrogens is 2. The molecular weight excluding hydrogens is 504 g/mol. The topological polar surface area (TPSA) is 121 Å². The SMILES string of the molecule is CC(C)(C)OC(=O)N1CCC(C(=O)Nc2ccc3n[nH]c(S(=O)(=O)c4cccc5ccccc45)c3c2)CC1. The van der Waals surface area contributed by atoms with Gasteiger partial charge in [0.25, 0.3) is 0 Å². The molecule has 0 aliphatic carbocycles. The first kappa shape index (κ1) is 25.7. The molecule has 0 atom stereocenters. The fourth-order valence-corrected chi connectivity index (χ4v) is 6.28. The molecule has 4 aromatic rings. The lowest BCUT2D eigenvalue weighted by Gasteiger charge is -2.32. The Bertz CT molecular complexity index is 1620. The van der Waals surface area contributed by atoms with Gasteiger partial charge in [-0.1, -0.05) is 36.4 Å². The summed E-state index contributed by atoms with van der Waals surface area (Å²) in [6.45, 7) is 6.32. The van der Waals surface area contributed by atoms with E-state index in [1.165, 1.54) is 0 Å². The molecule has 1 fully saturated rings. The molecule has 1 aliphatic rings. The maximum atomic E-state index is 13.7. The van der Waals surface area contributed by atoms with Crippen molar-refractivity contribution in [3.63, 3.8) is 0 Å². The van der Waals surface area contributed by atoms with E-state index in [0.29, 0.717) is 47.9 Å². The van der Waals surface area contributed by atoms with Crippen LogP contribution in [0, 0.1) is 5.92 Å². The van der Waals surface area contributed by atoms with Gasteiger partial charge in [0, 0.05) is 35.5 Å². The number of likely N-dealkylation sites (tertiary alicyclic amines) is 1. The molecule has 1 aromatic heterocycles. The molecule has 0 radical (unpaired) electrons. The summed E-state index contributed by atoms with van der Waals surface area (Å²) in [4.78, 5) is 27.1. The number of amides is 2. The molecule has 0 saturated carbocycles. The standard InChI is InChI=1S/C28H30N4O5S/c1-28(2,3)37-27(34)32-15-13-19(14-16-32)25(33)29-20-11-12-23-22(17-20)26(31-30-23)38(35,36)24-10-6-8-18-7-4-5-9-21(18)24/h4-12,17,19H,13-16H2,1-3H3,(H,29,33)(H,30,31). The van der Waals surface area contributed by atoms with Crippen molar-refractivity contribution >= 4 is 49.2 Å². The van der Waals surface area contributed by atoms with Crippen LogP contribution in [0.4, 0.5) is 10.5 Å². The highest BCUT2D eigenvalue weighted by molar-refractivity contribution is 7.91. The zero-order valence-corrected chi connectivity index (χ0v) is 22.3. The van der Waals surface area contributed by atoms with E-state index < -0.39 is 15.4 Å². The lowest BCUT2D eigenvalue weighted by atomic mass is 9.96. The Morgan fingerprint density at radius 3 is 2.45 bits per heavy atom. The number of piperidine rings is 1. The van der Waals surface area contributed by atoms with Crippen molar-refractivity contribution in [2.24, 2.45) is 5.92 Å². The number of carbonyl (C=O) groups is 2. The number of H-pyrrole nitrogens is 1. The van der Waals surface area contributed by atoms with Crippen molar-refractivity contribution in [3.8, 4) is 0 Å². The van der Waals surface area contributed by atoms with Crippen LogP contribution in [0.25, 0.3) is 21.7 Å². The molecule has 0 bridgehead atoms. The Labute approximate surface area is 221 Å². The highest BCUT2D eigenvalue weighted by Gasteiger charge is 2.30. The molecule has 5 rings (SSSR count). The van der Waals surface area contributed by atoms with Gasteiger partial charge < -0.3 is 15.0 Å². The summed E-state index contributed by atoms with van der Waals surface area (Å²) in [6.07, 6.45) is 0.654. The van der Waals surface area contributed by atoms with Crippen LogP contribution < -0.4 is 5.32 Å². The van der Waals surface area contributed by atoms with Crippen LogP contribution in [-0.4, -0.2) is 54.2 Å². The maximum absolute atomic E-state index is 13.7. The van der Waals surface area contributed by atoms with E-state index in [1.807, 2.05) is 39.0 Å². The fraction of sp³-hybridized carbons (Fsp3) is 0.321. The summed E-state index contributed by atoms with van der Waals surface area (Å²) in [5.41, 5.74) is 0.386. The van der Waals surface area contributed by atoms with E-state index in [2.05, 4.69) is 15.5 Å². The molecule has 0 unspecified atom stereocenters. The molecule has 38 heavy (non-hydrogen) atoms. The number of sulfone groups is 1. The molecule has 2 heterocycles. The number of rotatable bonds is 4. The first-order chi connectivity index (χ1) is 18.0. The number of hydrogen-bond acceptors (Lipinski definition) is 6. The molecule has 198 valence electrons. The fourth-order valence-electron chi connectivity index (χ4n) is 4.70. The van der Waals surface area contributed by atoms with Gasteiger partial charge in [0.1, 0.15) is 5.60 Å². The molecule has 2 amide bonds. The summed E-state index contributed by atoms with van der Waals surface area (Å²) in [5, 5.41) is 11.6. The average molecular weight is 535 g/mol. The van der Waals surface area contributed by atoms with Gasteiger partial charge in [0.05, 0.1) is 10.4 Å². The molecule has 0 spiro atoms. The Hall–Kier alpha value is -3.92. The predicted octanol–water partition coefficient (Wildman–Crippen LogP) is 5.13. The Morgan fingerprint density at radius 2 is 1.71 bits per heavy atom. The molecular formula is C28H30N4O5S. The van der Waals surface area contributed by atoms with Crippen LogP contribution in [0.2, 0.25) is 0 Å². The van der Waals surface area contributed by atoms with Gasteiger partial charge in [0.2, 0.25) is 15.7 Å². The summed E-state index contributed by atoms with van der Waals surface area (Å²) < 4.78 is 32.8. The lowest BCUT2D eigenvalue weighted by Crippen LogP contribution is -2.43. The minimum absolute atomic E-state index is 0.0226. The van der Waals surface area contributed by atoms with Gasteiger partial charge in [-0.2, -0.15) is 5.10 Å². The van der Waals surface area contributed by atoms with Crippen LogP contribution >= 0.6 is 0 Å². The van der Waals surface area contributed by atoms with Crippen LogP contribution in [0.5, 0.6) is 0 Å². The molecule has 1 saturated heterocycles. The average Bonchev–Trinajstić information content (AvgIpc) is 3.31. The van der Waals surface area contributed by atoms with Crippen molar-refractivity contribution in [2.45, 2.75) is 49.1 Å². The molecule has 10 heteroatoms. The van der Waals surface area contributed by atoms with Crippen molar-refractivity contribution < 1.29 is 22.7 Å². The van der Waals surface area contributed by atoms with Gasteiger partial charge >= 0.3 is 6.09 Å². The zero-order valence-electron chi connectivity index (χ0n) is 21.5. The second-order valence-corrected chi connectivity index (χ2v) is 12.4. The molecule has 2 N–H and O–H groups in total. The van der Waals surface area contributed by atoms with Crippen molar-refractivity contribution in [1.82, 2.24) is 15.1 Å². The Morgan fingerprint density at radius 1 is 1.00 bits per heavy atom. The summed E-state index contributed by atoms with van der Waals surface area (Å²) in [7, 11) is -3.92. The third-order valence-electron chi connectivity index (χ3n) is 6.61. The van der Waals surface area contributed by atoms with Gasteiger partial charge in [0.15, 0.2) is 5.03 Å². The highest BCUT2D eigenvalue weighted by atomic mass is 32.2. The number of nitrogens with zero attached hydrogens (tertiary/aromatic N) is 2. The van der Waals surface area contributed by atoms with Crippen molar-refractivity contribution in [1.29, 1.82) is 0 Å². The lowest BCUT2D eigenvalue weighted by molar-refractivity contribution is -0.121. The van der Waals surface area contributed by atoms with Gasteiger partial charge in [-0.05, 0) is 63.3 Å². The number of hydrogen-bond donors (Lipinski definition) is 2. The summed E-state index contributed by atoms with van der Waals surface area (Å²) >= 11 is 0. The van der Waals surface area contributed by atoms with Gasteiger partial charge in [-0.3, -0.25) is 9.89 Å². The van der Waals surface area contributed by atoms with Crippen LogP contribution in [0.1, 0.15) is 33.6 Å². The second kappa shape index (κ2) is 9.75. The van der Waals surface area contributed by atoms with E-state index in [4.69, 9.17) is 4.74 Å². The van der Waals surface area contributed by atoms with E-state index in [0.717, 1.165) is 5.39 Å². The Kier molecular flexibility index (Phi) is 6.60. The largest absolute Gasteiger partial charge is 0.444 e. The zero-order chi connectivity index (χ0) is 27.1. The second-order valence-electron chi connectivity index (χ2n) is 10.5. The number of anilines is 1. The van der Waals surface area contributed by atoms with Crippen molar-refractivity contribution in [2.75, 3.05) is 18.4 Å². The minimum Gasteiger partial charge on any atom is -0.444 e. The maximum Gasteiger partial charge on any atom is 0.410 e. The van der Waals surface area contributed by atoms with E-state index in [1.54, 1.807) is 47.4 Å². The smallest absolute Gasteiger partial charge is 0.410 e. The van der Waals surface area contributed by atoms with Crippen LogP contribution in [-0.2, 0) is 19.4 Å². The first-order valence-electron chi connectivity index (χ1n) is 12.5. The monoisotopic (exact) mass is 534 g/mol. The van der Waals surface area contributed by atoms with E-state index in [-0.39, 0.29) is 27.8 Å². The number of aromatic amines is 1. The Balaban J connectivity index is 1.34. The molecule has 1 aliphatic heterocycles. The van der Waals surface area contributed by atoms with Gasteiger partial charge in [-0.25, -0.2) is 13.2 Å². The van der Waals surface area contributed by atoms with Gasteiger partial charge in [-0.15, -0.1) is 0 Å². The molecule has 9 nitrogen and oxygen atoms in total. The number of fused-ring (bicyclic) bond motifs is 2. The number of benzene rings is 3. The summed E-state index contributed by atoms with van der Waals surface area (Å²) in [5.74, 6) is -0.442. The molecule has 3 aromatic carbocycles. The van der Waals surface area contributed by atoms with Crippen LogP contribution in [0.3, 0.4) is 0 Å². The normalized spacial score (nSPS) is 15.1. The highest BCUT2D eigenvalue weighted by Crippen LogP contribution is 2.32. The predicted molar refractivity (Wildman–Crippen MR) is 145 cm³/mol. The van der Waals surface area contributed by atoms with E-state index in [9.17, 15) is 18.0 Å². The van der Waals surface area contributed by atoms with Crippen molar-refractivity contribution in [3.05, 3.63) is 60.7 Å².